The first-order valence-corrected chi connectivity index (χ1v) is 10.1. The number of ether oxygens (including phenoxy) is 1. The first-order valence-electron chi connectivity index (χ1n) is 10.1. The van der Waals surface area contributed by atoms with Gasteiger partial charge < -0.3 is 14.6 Å². The molecule has 0 bridgehead atoms. The molecule has 0 spiro atoms. The van der Waals surface area contributed by atoms with Crippen molar-refractivity contribution in [2.45, 2.75) is 25.2 Å². The first-order chi connectivity index (χ1) is 13.8. The number of carbonyl (C=O) groups excluding carboxylic acids is 1. The van der Waals surface area contributed by atoms with E-state index in [0.717, 1.165) is 50.3 Å². The van der Waals surface area contributed by atoms with Crippen LogP contribution in [0.15, 0.2) is 54.7 Å². The first kappa shape index (κ1) is 17.1. The van der Waals surface area contributed by atoms with E-state index in [1.807, 2.05) is 23.1 Å². The average molecular weight is 372 g/mol. The summed E-state index contributed by atoms with van der Waals surface area (Å²) in [5.74, 6) is 1.60. The number of hydrogen-bond donors (Lipinski definition) is 1. The number of aromatic nitrogens is 1. The van der Waals surface area contributed by atoms with Crippen molar-refractivity contribution < 1.29 is 9.53 Å². The van der Waals surface area contributed by atoms with E-state index in [1.165, 1.54) is 22.0 Å². The third kappa shape index (κ3) is 3.19. The van der Waals surface area contributed by atoms with Gasteiger partial charge in [-0.05, 0) is 59.7 Å². The Balaban J connectivity index is 1.22. The summed E-state index contributed by atoms with van der Waals surface area (Å²) in [4.78, 5) is 18.0. The molecule has 2 aliphatic heterocycles. The van der Waals surface area contributed by atoms with Gasteiger partial charge in [0.1, 0.15) is 5.75 Å². The van der Waals surface area contributed by atoms with E-state index < -0.39 is 0 Å². The highest BCUT2D eigenvalue weighted by molar-refractivity contribution is 5.92. The number of amides is 1. The summed E-state index contributed by atoms with van der Waals surface area (Å²) in [6.45, 7) is 2.38. The second-order valence-corrected chi connectivity index (χ2v) is 7.69. The van der Waals surface area contributed by atoms with E-state index in [2.05, 4.69) is 41.5 Å². The predicted molar refractivity (Wildman–Crippen MR) is 112 cm³/mol. The lowest BCUT2D eigenvalue weighted by Crippen LogP contribution is -2.36. The molecule has 28 heavy (non-hydrogen) atoms. The molecular formula is C24H24N2O2. The van der Waals surface area contributed by atoms with Gasteiger partial charge in [0, 0.05) is 42.7 Å². The molecule has 0 atom stereocenters. The highest BCUT2D eigenvalue weighted by Crippen LogP contribution is 2.33. The number of para-hydroxylation sites is 1. The Morgan fingerprint density at radius 2 is 2.00 bits per heavy atom. The summed E-state index contributed by atoms with van der Waals surface area (Å²) in [7, 11) is 0. The maximum Gasteiger partial charge on any atom is 0.246 e. The van der Waals surface area contributed by atoms with Crippen LogP contribution >= 0.6 is 0 Å². The van der Waals surface area contributed by atoms with Crippen LogP contribution in [0.2, 0.25) is 0 Å². The molecule has 0 saturated carbocycles. The van der Waals surface area contributed by atoms with Crippen molar-refractivity contribution in [1.29, 1.82) is 0 Å². The van der Waals surface area contributed by atoms with Crippen LogP contribution in [0.1, 0.15) is 35.4 Å². The van der Waals surface area contributed by atoms with Crippen LogP contribution in [0.4, 0.5) is 0 Å². The molecule has 1 saturated heterocycles. The van der Waals surface area contributed by atoms with Crippen LogP contribution in [0.3, 0.4) is 0 Å². The Kier molecular flexibility index (Phi) is 4.40. The highest BCUT2D eigenvalue weighted by Gasteiger charge is 2.24. The van der Waals surface area contributed by atoms with Gasteiger partial charge >= 0.3 is 0 Å². The maximum absolute atomic E-state index is 12.6. The number of nitrogens with one attached hydrogen (secondary N) is 1. The molecule has 3 heterocycles. The molecule has 0 unspecified atom stereocenters. The lowest BCUT2D eigenvalue weighted by molar-refractivity contribution is -0.126. The summed E-state index contributed by atoms with van der Waals surface area (Å²) in [6, 6.07) is 14.6. The predicted octanol–water partition coefficient (Wildman–Crippen LogP) is 4.52. The Bertz CT molecular complexity index is 1040. The number of benzene rings is 2. The van der Waals surface area contributed by atoms with Crippen molar-refractivity contribution in [2.75, 3.05) is 19.7 Å². The lowest BCUT2D eigenvalue weighted by atomic mass is 9.89. The number of likely N-dealkylation sites (tertiary alicyclic amines) is 1. The van der Waals surface area contributed by atoms with Gasteiger partial charge in [0.05, 0.1) is 6.61 Å². The molecule has 1 fully saturated rings. The van der Waals surface area contributed by atoms with Crippen molar-refractivity contribution in [3.63, 3.8) is 0 Å². The summed E-state index contributed by atoms with van der Waals surface area (Å²) >= 11 is 0. The molecule has 4 nitrogen and oxygen atoms in total. The number of hydrogen-bond acceptors (Lipinski definition) is 2. The highest BCUT2D eigenvalue weighted by atomic mass is 16.5. The van der Waals surface area contributed by atoms with Crippen LogP contribution in [0.5, 0.6) is 5.75 Å². The Morgan fingerprint density at radius 1 is 1.14 bits per heavy atom. The van der Waals surface area contributed by atoms with E-state index in [-0.39, 0.29) is 5.91 Å². The molecular weight excluding hydrogens is 348 g/mol. The third-order valence-corrected chi connectivity index (χ3v) is 6.00. The summed E-state index contributed by atoms with van der Waals surface area (Å²) < 4.78 is 5.54. The van der Waals surface area contributed by atoms with Gasteiger partial charge in [-0.25, -0.2) is 0 Å². The standard InChI is InChI=1S/C24H24N2O2/c27-24(8-6-17-5-7-23-19(15-17)11-14-28-23)26-12-9-18(10-13-26)21-16-25-22-4-2-1-3-20(21)22/h1-8,15-16,18,25H,9-14H2/b8-6+. The molecule has 4 heteroatoms. The van der Waals surface area contributed by atoms with E-state index in [1.54, 1.807) is 6.08 Å². The quantitative estimate of drug-likeness (QED) is 0.687. The fraction of sp³-hybridized carbons (Fsp3) is 0.292. The van der Waals surface area contributed by atoms with Crippen LogP contribution in [0.25, 0.3) is 17.0 Å². The van der Waals surface area contributed by atoms with E-state index >= 15 is 0 Å². The van der Waals surface area contributed by atoms with Crippen molar-refractivity contribution >= 4 is 22.9 Å². The molecule has 1 N–H and O–H groups in total. The van der Waals surface area contributed by atoms with E-state index in [4.69, 9.17) is 4.74 Å². The molecule has 142 valence electrons. The number of nitrogens with zero attached hydrogens (tertiary/aromatic N) is 1. The van der Waals surface area contributed by atoms with Crippen LogP contribution < -0.4 is 4.74 Å². The van der Waals surface area contributed by atoms with Crippen molar-refractivity contribution in [3.05, 3.63) is 71.4 Å². The van der Waals surface area contributed by atoms with Crippen molar-refractivity contribution in [1.82, 2.24) is 9.88 Å². The Hall–Kier alpha value is -3.01. The fourth-order valence-corrected chi connectivity index (χ4v) is 4.43. The third-order valence-electron chi connectivity index (χ3n) is 6.00. The Morgan fingerprint density at radius 3 is 2.89 bits per heavy atom. The van der Waals surface area contributed by atoms with Crippen molar-refractivity contribution in [2.24, 2.45) is 0 Å². The zero-order valence-corrected chi connectivity index (χ0v) is 15.9. The van der Waals surface area contributed by atoms with Crippen LogP contribution in [-0.2, 0) is 11.2 Å². The van der Waals surface area contributed by atoms with Gasteiger partial charge in [0.25, 0.3) is 0 Å². The molecule has 2 aliphatic rings. The van der Waals surface area contributed by atoms with Gasteiger partial charge in [-0.1, -0.05) is 24.3 Å². The molecule has 0 aliphatic carbocycles. The van der Waals surface area contributed by atoms with E-state index in [9.17, 15) is 4.79 Å². The molecule has 0 radical (unpaired) electrons. The van der Waals surface area contributed by atoms with Crippen molar-refractivity contribution in [3.8, 4) is 5.75 Å². The summed E-state index contributed by atoms with van der Waals surface area (Å²) in [5, 5.41) is 1.31. The summed E-state index contributed by atoms with van der Waals surface area (Å²) in [5.41, 5.74) is 4.87. The van der Waals surface area contributed by atoms with E-state index in [0.29, 0.717) is 5.92 Å². The van der Waals surface area contributed by atoms with Crippen LogP contribution in [-0.4, -0.2) is 35.5 Å². The van der Waals surface area contributed by atoms with Gasteiger partial charge in [-0.2, -0.15) is 0 Å². The monoisotopic (exact) mass is 372 g/mol. The Labute approximate surface area is 164 Å². The lowest BCUT2D eigenvalue weighted by Gasteiger charge is -2.31. The number of piperidine rings is 1. The molecule has 1 aromatic heterocycles. The zero-order chi connectivity index (χ0) is 18.9. The molecule has 5 rings (SSSR count). The van der Waals surface area contributed by atoms with Gasteiger partial charge in [0.15, 0.2) is 0 Å². The van der Waals surface area contributed by atoms with Gasteiger partial charge in [-0.15, -0.1) is 0 Å². The minimum absolute atomic E-state index is 0.106. The summed E-state index contributed by atoms with van der Waals surface area (Å²) in [6.07, 6.45) is 8.75. The molecule has 1 amide bonds. The number of rotatable bonds is 3. The zero-order valence-electron chi connectivity index (χ0n) is 15.9. The number of fused-ring (bicyclic) bond motifs is 2. The second kappa shape index (κ2) is 7.19. The topological polar surface area (TPSA) is 45.3 Å². The largest absolute Gasteiger partial charge is 0.493 e. The molecule has 2 aromatic carbocycles. The SMILES string of the molecule is O=C(/C=C/c1ccc2c(c1)CCO2)N1CCC(c2c[nH]c3ccccc23)CC1. The minimum atomic E-state index is 0.106. The average Bonchev–Trinajstić information content (AvgIpc) is 3.38. The number of H-pyrrole nitrogens is 1. The van der Waals surface area contributed by atoms with Crippen LogP contribution in [0, 0.1) is 0 Å². The van der Waals surface area contributed by atoms with Gasteiger partial charge in [0.2, 0.25) is 5.91 Å². The fourth-order valence-electron chi connectivity index (χ4n) is 4.43. The maximum atomic E-state index is 12.6. The molecule has 3 aromatic rings. The second-order valence-electron chi connectivity index (χ2n) is 7.69. The number of carbonyl (C=O) groups is 1. The minimum Gasteiger partial charge on any atom is -0.493 e. The smallest absolute Gasteiger partial charge is 0.246 e. The normalized spacial score (nSPS) is 17.2. The van der Waals surface area contributed by atoms with Gasteiger partial charge in [-0.3, -0.25) is 4.79 Å². The number of aromatic amines is 1.